The molecular weight excluding hydrogens is 374 g/mol. The number of para-hydroxylation sites is 1. The highest BCUT2D eigenvalue weighted by molar-refractivity contribution is 6.32. The zero-order valence-corrected chi connectivity index (χ0v) is 16.8. The summed E-state index contributed by atoms with van der Waals surface area (Å²) < 4.78 is 7.38. The van der Waals surface area contributed by atoms with E-state index in [2.05, 4.69) is 15.1 Å². The van der Waals surface area contributed by atoms with E-state index in [0.717, 1.165) is 28.2 Å². The molecule has 3 aromatic rings. The van der Waals surface area contributed by atoms with E-state index in [0.29, 0.717) is 5.02 Å². The Morgan fingerprint density at radius 3 is 2.50 bits per heavy atom. The van der Waals surface area contributed by atoms with Gasteiger partial charge >= 0.3 is 0 Å². The predicted molar refractivity (Wildman–Crippen MR) is 112 cm³/mol. The zero-order valence-electron chi connectivity index (χ0n) is 16.0. The van der Waals surface area contributed by atoms with Gasteiger partial charge in [-0.05, 0) is 37.6 Å². The molecule has 28 heavy (non-hydrogen) atoms. The third-order valence-corrected chi connectivity index (χ3v) is 4.84. The van der Waals surface area contributed by atoms with Crippen molar-refractivity contribution < 1.29 is 9.53 Å². The minimum atomic E-state index is -0.714. The number of rotatable bonds is 6. The summed E-state index contributed by atoms with van der Waals surface area (Å²) in [4.78, 5) is 12.4. The zero-order chi connectivity index (χ0) is 20.1. The number of hydrazone groups is 1. The fraction of sp³-hybridized carbons (Fsp3) is 0.182. The van der Waals surface area contributed by atoms with E-state index >= 15 is 0 Å². The van der Waals surface area contributed by atoms with E-state index in [-0.39, 0.29) is 5.91 Å². The van der Waals surface area contributed by atoms with Gasteiger partial charge in [0.25, 0.3) is 5.91 Å². The van der Waals surface area contributed by atoms with Gasteiger partial charge in [-0.15, -0.1) is 0 Å². The van der Waals surface area contributed by atoms with Crippen LogP contribution >= 0.6 is 11.6 Å². The van der Waals surface area contributed by atoms with Crippen LogP contribution in [-0.2, 0) is 9.53 Å². The molecule has 2 aromatic carbocycles. The second-order valence-electron chi connectivity index (χ2n) is 6.37. The smallest absolute Gasteiger partial charge is 0.273 e. The summed E-state index contributed by atoms with van der Waals surface area (Å²) in [5.74, 6) is -0.329. The molecule has 0 spiro atoms. The Balaban J connectivity index is 1.77. The van der Waals surface area contributed by atoms with Gasteiger partial charge in [-0.25, -0.2) is 5.43 Å². The van der Waals surface area contributed by atoms with Gasteiger partial charge in [-0.1, -0.05) is 54.1 Å². The molecule has 0 fully saturated rings. The minimum absolute atomic E-state index is 0.329. The first kappa shape index (κ1) is 19.9. The van der Waals surface area contributed by atoms with Crippen molar-refractivity contribution in [2.75, 3.05) is 7.11 Å². The third-order valence-electron chi connectivity index (χ3n) is 4.52. The van der Waals surface area contributed by atoms with Crippen LogP contribution in [-0.4, -0.2) is 23.8 Å². The number of aryl methyl sites for hydroxylation is 1. The van der Waals surface area contributed by atoms with Crippen molar-refractivity contribution in [1.29, 1.82) is 0 Å². The number of nitrogens with zero attached hydrogens (tertiary/aromatic N) is 2. The van der Waals surface area contributed by atoms with E-state index in [1.807, 2.05) is 74.5 Å². The van der Waals surface area contributed by atoms with Gasteiger partial charge < -0.3 is 9.30 Å². The Labute approximate surface area is 169 Å². The second kappa shape index (κ2) is 8.87. The van der Waals surface area contributed by atoms with E-state index in [9.17, 15) is 4.79 Å². The molecule has 0 aliphatic heterocycles. The Bertz CT molecular complexity index is 996. The van der Waals surface area contributed by atoms with Crippen LogP contribution in [0.3, 0.4) is 0 Å². The lowest BCUT2D eigenvalue weighted by Crippen LogP contribution is -2.26. The maximum absolute atomic E-state index is 12.4. The van der Waals surface area contributed by atoms with Gasteiger partial charge in [0.05, 0.1) is 16.9 Å². The molecule has 6 heteroatoms. The average Bonchev–Trinajstić information content (AvgIpc) is 2.97. The Morgan fingerprint density at radius 1 is 1.14 bits per heavy atom. The summed E-state index contributed by atoms with van der Waals surface area (Å²) >= 11 is 6.34. The number of nitrogens with one attached hydrogen (secondary N) is 1. The molecule has 0 aliphatic carbocycles. The summed E-state index contributed by atoms with van der Waals surface area (Å²) in [5, 5.41) is 4.79. The van der Waals surface area contributed by atoms with Crippen LogP contribution in [0.4, 0.5) is 0 Å². The second-order valence-corrected chi connectivity index (χ2v) is 6.78. The van der Waals surface area contributed by atoms with Crippen molar-refractivity contribution in [2.45, 2.75) is 20.0 Å². The number of benzene rings is 2. The lowest BCUT2D eigenvalue weighted by molar-refractivity contribution is -0.131. The molecule has 1 aromatic heterocycles. The Morgan fingerprint density at radius 2 is 1.82 bits per heavy atom. The predicted octanol–water partition coefficient (Wildman–Crippen LogP) is 4.59. The number of methoxy groups -OCH3 is 1. The van der Waals surface area contributed by atoms with Gasteiger partial charge in [0.2, 0.25) is 0 Å². The van der Waals surface area contributed by atoms with Crippen LogP contribution in [0.25, 0.3) is 5.69 Å². The highest BCUT2D eigenvalue weighted by Gasteiger charge is 2.19. The highest BCUT2D eigenvalue weighted by atomic mass is 35.5. The van der Waals surface area contributed by atoms with E-state index in [1.165, 1.54) is 7.11 Å². The third kappa shape index (κ3) is 4.16. The number of halogens is 1. The lowest BCUT2D eigenvalue weighted by Gasteiger charge is -2.13. The molecule has 3 rings (SSSR count). The normalized spacial score (nSPS) is 12.3. The molecule has 0 saturated heterocycles. The number of ether oxygens (including phenoxy) is 1. The Kier molecular flexibility index (Phi) is 6.29. The van der Waals surface area contributed by atoms with Crippen molar-refractivity contribution in [1.82, 2.24) is 9.99 Å². The monoisotopic (exact) mass is 395 g/mol. The number of carbonyl (C=O) groups is 1. The van der Waals surface area contributed by atoms with Crippen LogP contribution in [0.1, 0.15) is 28.6 Å². The van der Waals surface area contributed by atoms with Gasteiger partial charge in [-0.2, -0.15) is 5.10 Å². The summed E-state index contributed by atoms with van der Waals surface area (Å²) in [6, 6.07) is 19.0. The van der Waals surface area contributed by atoms with Gasteiger partial charge in [0.15, 0.2) is 6.10 Å². The summed E-state index contributed by atoms with van der Waals surface area (Å²) in [5.41, 5.74) is 7.14. The molecule has 1 heterocycles. The first-order chi connectivity index (χ1) is 13.5. The van der Waals surface area contributed by atoms with E-state index < -0.39 is 6.10 Å². The minimum Gasteiger partial charge on any atom is -0.367 e. The van der Waals surface area contributed by atoms with Crippen LogP contribution < -0.4 is 5.43 Å². The SMILES string of the molecule is CO[C@H](C(=O)N/N=C\c1cc(C)n(-c2ccccc2Cl)c1C)c1ccccc1. The van der Waals surface area contributed by atoms with Gasteiger partial charge in [-0.3, -0.25) is 4.79 Å². The first-order valence-electron chi connectivity index (χ1n) is 8.87. The van der Waals surface area contributed by atoms with Crippen LogP contribution in [0.5, 0.6) is 0 Å². The molecule has 0 bridgehead atoms. The molecule has 1 amide bonds. The van der Waals surface area contributed by atoms with Gasteiger partial charge in [0, 0.05) is 24.1 Å². The summed E-state index contributed by atoms with van der Waals surface area (Å²) in [7, 11) is 1.50. The molecule has 5 nitrogen and oxygen atoms in total. The standard InChI is InChI=1S/C22H22ClN3O2/c1-15-13-18(16(2)26(15)20-12-8-7-11-19(20)23)14-24-25-22(27)21(28-3)17-9-5-4-6-10-17/h4-14,21H,1-3H3,(H,25,27)/b24-14-/t21-/m0/s1. The van der Waals surface area contributed by atoms with Crippen molar-refractivity contribution >= 4 is 23.7 Å². The molecule has 1 atom stereocenters. The van der Waals surface area contributed by atoms with E-state index in [4.69, 9.17) is 16.3 Å². The van der Waals surface area contributed by atoms with Crippen LogP contribution in [0.2, 0.25) is 5.02 Å². The summed E-state index contributed by atoms with van der Waals surface area (Å²) in [6.45, 7) is 3.99. The molecule has 0 radical (unpaired) electrons. The van der Waals surface area contributed by atoms with E-state index in [1.54, 1.807) is 6.21 Å². The van der Waals surface area contributed by atoms with Crippen LogP contribution in [0, 0.1) is 13.8 Å². The first-order valence-corrected chi connectivity index (χ1v) is 9.25. The Hall–Kier alpha value is -2.89. The molecule has 144 valence electrons. The highest BCUT2D eigenvalue weighted by Crippen LogP contribution is 2.25. The number of aromatic nitrogens is 1. The van der Waals surface area contributed by atoms with Crippen LogP contribution in [0.15, 0.2) is 65.8 Å². The maximum atomic E-state index is 12.4. The fourth-order valence-electron chi connectivity index (χ4n) is 3.17. The largest absolute Gasteiger partial charge is 0.367 e. The quantitative estimate of drug-likeness (QED) is 0.490. The number of amides is 1. The lowest BCUT2D eigenvalue weighted by atomic mass is 10.1. The molecule has 0 aliphatic rings. The van der Waals surface area contributed by atoms with Crippen molar-refractivity contribution in [3.05, 3.63) is 88.2 Å². The number of hydrogen-bond acceptors (Lipinski definition) is 3. The number of carbonyl (C=O) groups excluding carboxylic acids is 1. The average molecular weight is 396 g/mol. The topological polar surface area (TPSA) is 55.6 Å². The molecule has 0 unspecified atom stereocenters. The van der Waals surface area contributed by atoms with Crippen molar-refractivity contribution in [3.8, 4) is 5.69 Å². The molecule has 0 saturated carbocycles. The fourth-order valence-corrected chi connectivity index (χ4v) is 3.39. The van der Waals surface area contributed by atoms with Gasteiger partial charge in [0.1, 0.15) is 0 Å². The molecular formula is C22H22ClN3O2. The van der Waals surface area contributed by atoms with Crippen molar-refractivity contribution in [3.63, 3.8) is 0 Å². The number of hydrogen-bond donors (Lipinski definition) is 1. The molecule has 1 N–H and O–H groups in total. The summed E-state index contributed by atoms with van der Waals surface area (Å²) in [6.07, 6.45) is 0.916. The van der Waals surface area contributed by atoms with Crippen molar-refractivity contribution in [2.24, 2.45) is 5.10 Å². The maximum Gasteiger partial charge on any atom is 0.273 e.